The fourth-order valence-corrected chi connectivity index (χ4v) is 7.91. The highest BCUT2D eigenvalue weighted by molar-refractivity contribution is 5.53. The van der Waals surface area contributed by atoms with Gasteiger partial charge in [-0.05, 0) is 196 Å². The molecule has 2 heteroatoms. The van der Waals surface area contributed by atoms with Gasteiger partial charge >= 0.3 is 0 Å². The number of unbranched alkanes of at least 4 members (excludes halogenated alkanes) is 9. The second-order valence-corrected chi connectivity index (χ2v) is 14.8. The summed E-state index contributed by atoms with van der Waals surface area (Å²) in [5.41, 5.74) is 34.3. The van der Waals surface area contributed by atoms with Gasteiger partial charge in [-0.15, -0.1) is 0 Å². The van der Waals surface area contributed by atoms with E-state index in [0.717, 1.165) is 24.2 Å². The van der Waals surface area contributed by atoms with Crippen LogP contribution in [0.1, 0.15) is 142 Å². The lowest BCUT2D eigenvalue weighted by atomic mass is 9.84. The Morgan fingerprint density at radius 2 is 0.542 bits per heavy atom. The van der Waals surface area contributed by atoms with Crippen molar-refractivity contribution in [1.29, 1.82) is 0 Å². The van der Waals surface area contributed by atoms with Gasteiger partial charge < -0.3 is 11.5 Å². The zero-order valence-corrected chi connectivity index (χ0v) is 31.7. The monoisotopic (exact) mass is 645 g/mol. The van der Waals surface area contributed by atoms with E-state index in [-0.39, 0.29) is 0 Å². The van der Waals surface area contributed by atoms with Gasteiger partial charge in [0.05, 0.1) is 0 Å². The minimum absolute atomic E-state index is 0.834. The molecular formula is C46H64N2. The Morgan fingerprint density at radius 3 is 0.812 bits per heavy atom. The summed E-state index contributed by atoms with van der Waals surface area (Å²) in [6, 6.07) is 16.7. The van der Waals surface area contributed by atoms with Gasteiger partial charge in [0.2, 0.25) is 0 Å². The van der Waals surface area contributed by atoms with Crippen LogP contribution in [0, 0.1) is 55.4 Å². The standard InChI is InChI=1S/C46H64N2/c1-31-35(5)45(29-39-21-25-41(47)26-22-39)36(6)32(2)43(31)19-17-15-13-11-9-10-12-14-16-18-20-44-33(3)37(7)46(38(8)34(44)4)30-40-23-27-42(48)28-24-40/h21-28H,9-20,29-30,47-48H2,1-8H3. The maximum absolute atomic E-state index is 5.91. The molecule has 2 nitrogen and oxygen atoms in total. The number of nitrogen functional groups attached to an aromatic ring is 2. The maximum Gasteiger partial charge on any atom is 0.0314 e. The van der Waals surface area contributed by atoms with Crippen LogP contribution in [0.5, 0.6) is 0 Å². The van der Waals surface area contributed by atoms with Crippen LogP contribution in [0.4, 0.5) is 11.4 Å². The Morgan fingerprint density at radius 1 is 0.312 bits per heavy atom. The van der Waals surface area contributed by atoms with Crippen molar-refractivity contribution >= 4 is 11.4 Å². The van der Waals surface area contributed by atoms with Gasteiger partial charge in [0.25, 0.3) is 0 Å². The summed E-state index contributed by atoms with van der Waals surface area (Å²) in [6.07, 6.45) is 18.0. The van der Waals surface area contributed by atoms with Gasteiger partial charge in [0.15, 0.2) is 0 Å². The van der Waals surface area contributed by atoms with Crippen LogP contribution in [-0.2, 0) is 25.7 Å². The van der Waals surface area contributed by atoms with E-state index in [1.165, 1.54) is 144 Å². The van der Waals surface area contributed by atoms with Crippen molar-refractivity contribution < 1.29 is 0 Å². The second-order valence-electron chi connectivity index (χ2n) is 14.8. The molecule has 0 unspecified atom stereocenters. The van der Waals surface area contributed by atoms with Crippen molar-refractivity contribution in [3.8, 4) is 0 Å². The van der Waals surface area contributed by atoms with Crippen LogP contribution in [-0.4, -0.2) is 0 Å². The normalized spacial score (nSPS) is 11.4. The summed E-state index contributed by atoms with van der Waals surface area (Å²) < 4.78 is 0. The average Bonchev–Trinajstić information content (AvgIpc) is 3.08. The third-order valence-electron chi connectivity index (χ3n) is 11.7. The van der Waals surface area contributed by atoms with E-state index in [9.17, 15) is 0 Å². The molecule has 48 heavy (non-hydrogen) atoms. The molecule has 0 fully saturated rings. The van der Waals surface area contributed by atoms with E-state index in [4.69, 9.17) is 11.5 Å². The molecule has 0 heterocycles. The molecule has 0 aliphatic rings. The molecular weight excluding hydrogens is 581 g/mol. The topological polar surface area (TPSA) is 52.0 Å². The molecule has 0 radical (unpaired) electrons. The molecule has 0 amide bonds. The van der Waals surface area contributed by atoms with Crippen LogP contribution in [0.15, 0.2) is 48.5 Å². The largest absolute Gasteiger partial charge is 0.399 e. The van der Waals surface area contributed by atoms with Gasteiger partial charge in [0.1, 0.15) is 0 Å². The number of hydrogen-bond acceptors (Lipinski definition) is 2. The summed E-state index contributed by atoms with van der Waals surface area (Å²) in [4.78, 5) is 0. The van der Waals surface area contributed by atoms with Crippen molar-refractivity contribution in [3.63, 3.8) is 0 Å². The van der Waals surface area contributed by atoms with Crippen LogP contribution >= 0.6 is 0 Å². The quantitative estimate of drug-likeness (QED) is 0.0887. The molecule has 0 aliphatic heterocycles. The van der Waals surface area contributed by atoms with E-state index in [1.54, 1.807) is 11.1 Å². The molecule has 4 aromatic rings. The lowest BCUT2D eigenvalue weighted by molar-refractivity contribution is 0.550. The predicted octanol–water partition coefficient (Wildman–Crippen LogP) is 12.2. The summed E-state index contributed by atoms with van der Waals surface area (Å²) in [7, 11) is 0. The Kier molecular flexibility index (Phi) is 13.8. The fourth-order valence-electron chi connectivity index (χ4n) is 7.91. The summed E-state index contributed by atoms with van der Waals surface area (Å²) in [5.74, 6) is 0. The molecule has 4 aromatic carbocycles. The van der Waals surface area contributed by atoms with Crippen molar-refractivity contribution in [3.05, 3.63) is 126 Å². The SMILES string of the molecule is Cc1c(C)c(Cc2ccc(N)cc2)c(C)c(C)c1CCCCCCCCCCCCc1c(C)c(C)c(Cc2ccc(N)cc2)c(C)c1C. The van der Waals surface area contributed by atoms with Crippen LogP contribution < -0.4 is 11.5 Å². The Bertz CT molecular complexity index is 1460. The minimum Gasteiger partial charge on any atom is -0.399 e. The van der Waals surface area contributed by atoms with Crippen LogP contribution in [0.25, 0.3) is 0 Å². The molecule has 4 N–H and O–H groups in total. The highest BCUT2D eigenvalue weighted by atomic mass is 14.5. The predicted molar refractivity (Wildman–Crippen MR) is 212 cm³/mol. The number of anilines is 2. The number of rotatable bonds is 17. The molecule has 4 rings (SSSR count). The summed E-state index contributed by atoms with van der Waals surface area (Å²) >= 11 is 0. The molecule has 0 spiro atoms. The first-order chi connectivity index (χ1) is 23.0. The molecule has 0 saturated heterocycles. The van der Waals surface area contributed by atoms with Crippen molar-refractivity contribution in [1.82, 2.24) is 0 Å². The number of benzene rings is 4. The van der Waals surface area contributed by atoms with Crippen molar-refractivity contribution in [2.75, 3.05) is 11.5 Å². The third-order valence-corrected chi connectivity index (χ3v) is 11.7. The molecule has 0 aliphatic carbocycles. The molecule has 0 atom stereocenters. The second kappa shape index (κ2) is 17.8. The lowest BCUT2D eigenvalue weighted by Crippen LogP contribution is -2.06. The van der Waals surface area contributed by atoms with Gasteiger partial charge in [-0.3, -0.25) is 0 Å². The first-order valence-electron chi connectivity index (χ1n) is 18.8. The zero-order chi connectivity index (χ0) is 34.8. The van der Waals surface area contributed by atoms with Crippen LogP contribution in [0.3, 0.4) is 0 Å². The minimum atomic E-state index is 0.834. The fraction of sp³-hybridized carbons (Fsp3) is 0.478. The number of nitrogens with two attached hydrogens (primary N) is 2. The van der Waals surface area contributed by atoms with Gasteiger partial charge in [-0.1, -0.05) is 75.6 Å². The molecule has 0 aromatic heterocycles. The van der Waals surface area contributed by atoms with Gasteiger partial charge in [0, 0.05) is 11.4 Å². The smallest absolute Gasteiger partial charge is 0.0314 e. The Hall–Kier alpha value is -3.52. The maximum atomic E-state index is 5.91. The van der Waals surface area contributed by atoms with Crippen molar-refractivity contribution in [2.45, 2.75) is 145 Å². The third kappa shape index (κ3) is 9.55. The van der Waals surface area contributed by atoms with E-state index >= 15 is 0 Å². The summed E-state index contributed by atoms with van der Waals surface area (Å²) in [5, 5.41) is 0. The summed E-state index contributed by atoms with van der Waals surface area (Å²) in [6.45, 7) is 18.7. The first-order valence-corrected chi connectivity index (χ1v) is 18.8. The highest BCUT2D eigenvalue weighted by Crippen LogP contribution is 2.32. The van der Waals surface area contributed by atoms with Gasteiger partial charge in [-0.2, -0.15) is 0 Å². The van der Waals surface area contributed by atoms with E-state index < -0.39 is 0 Å². The van der Waals surface area contributed by atoms with E-state index in [1.807, 2.05) is 24.3 Å². The molecule has 258 valence electrons. The van der Waals surface area contributed by atoms with E-state index in [0.29, 0.717) is 0 Å². The van der Waals surface area contributed by atoms with Crippen molar-refractivity contribution in [2.24, 2.45) is 0 Å². The Balaban J connectivity index is 1.12. The lowest BCUT2D eigenvalue weighted by Gasteiger charge is -2.21. The first kappa shape index (κ1) is 37.3. The van der Waals surface area contributed by atoms with E-state index in [2.05, 4.69) is 79.7 Å². The van der Waals surface area contributed by atoms with Crippen LogP contribution in [0.2, 0.25) is 0 Å². The number of hydrogen-bond donors (Lipinski definition) is 2. The zero-order valence-electron chi connectivity index (χ0n) is 31.7. The van der Waals surface area contributed by atoms with Gasteiger partial charge in [-0.25, -0.2) is 0 Å². The average molecular weight is 645 g/mol. The molecule has 0 bridgehead atoms. The highest BCUT2D eigenvalue weighted by Gasteiger charge is 2.16. The molecule has 0 saturated carbocycles. The Labute approximate surface area is 293 Å².